The van der Waals surface area contributed by atoms with Gasteiger partial charge in [-0.3, -0.25) is 0 Å². The van der Waals surface area contributed by atoms with Gasteiger partial charge in [0.15, 0.2) is 0 Å². The fourth-order valence-electron chi connectivity index (χ4n) is 7.57. The van der Waals surface area contributed by atoms with Crippen molar-refractivity contribution in [3.63, 3.8) is 0 Å². The Morgan fingerprint density at radius 3 is 2.52 bits per heavy atom. The van der Waals surface area contributed by atoms with Crippen LogP contribution in [0.15, 0.2) is 5.10 Å². The third-order valence-electron chi connectivity index (χ3n) is 8.95. The molecule has 4 aliphatic rings. The molecular formula is C20H34N2O. The topological polar surface area (TPSA) is 58.6 Å². The average Bonchev–Trinajstić information content (AvgIpc) is 2.82. The summed E-state index contributed by atoms with van der Waals surface area (Å²) in [5, 5.41) is 14.7. The van der Waals surface area contributed by atoms with Gasteiger partial charge in [0, 0.05) is 5.71 Å². The Morgan fingerprint density at radius 1 is 1.04 bits per heavy atom. The smallest absolute Gasteiger partial charge is 0.0596 e. The van der Waals surface area contributed by atoms with Crippen LogP contribution in [0.3, 0.4) is 0 Å². The first-order valence-corrected chi connectivity index (χ1v) is 9.85. The highest BCUT2D eigenvalue weighted by Crippen LogP contribution is 2.66. The molecule has 3 N–H and O–H groups in total. The lowest BCUT2D eigenvalue weighted by atomic mass is 9.44. The fraction of sp³-hybridized carbons (Fsp3) is 0.950. The van der Waals surface area contributed by atoms with Gasteiger partial charge in [-0.25, -0.2) is 0 Å². The molecule has 0 heterocycles. The van der Waals surface area contributed by atoms with Gasteiger partial charge in [0.05, 0.1) is 6.10 Å². The molecule has 8 atom stereocenters. The highest BCUT2D eigenvalue weighted by Gasteiger charge is 2.60. The highest BCUT2D eigenvalue weighted by molar-refractivity contribution is 5.87. The van der Waals surface area contributed by atoms with Crippen molar-refractivity contribution in [3.8, 4) is 0 Å². The number of hydrogen-bond donors (Lipinski definition) is 2. The Balaban J connectivity index is 1.63. The summed E-state index contributed by atoms with van der Waals surface area (Å²) in [6.45, 7) is 7.28. The van der Waals surface area contributed by atoms with E-state index in [1.165, 1.54) is 44.2 Å². The molecule has 3 nitrogen and oxygen atoms in total. The molecule has 0 aromatic carbocycles. The van der Waals surface area contributed by atoms with Gasteiger partial charge in [-0.05, 0) is 91.8 Å². The monoisotopic (exact) mass is 318 g/mol. The van der Waals surface area contributed by atoms with E-state index in [0.29, 0.717) is 11.3 Å². The first-order valence-electron chi connectivity index (χ1n) is 9.85. The number of nitrogens with two attached hydrogens (primary N) is 1. The summed E-state index contributed by atoms with van der Waals surface area (Å²) in [7, 11) is 0. The first kappa shape index (κ1) is 15.9. The normalized spacial score (nSPS) is 57.7. The van der Waals surface area contributed by atoms with Crippen LogP contribution in [0.1, 0.15) is 72.1 Å². The molecule has 0 unspecified atom stereocenters. The third kappa shape index (κ3) is 2.08. The third-order valence-corrected chi connectivity index (χ3v) is 8.95. The van der Waals surface area contributed by atoms with Gasteiger partial charge >= 0.3 is 0 Å². The standard InChI is InChI=1S/C20H34N2O/c1-12-11-20(3)13(10-17(12)22-21)4-5-14-15-6-7-18(23)19(15,2)9-8-16(14)20/h12-16,18,23H,4-11,21H2,1-3H3/b22-17-/t12-,13-,14-,15+,16-,18-,19+,20-/m0/s1. The maximum absolute atomic E-state index is 10.5. The zero-order chi connectivity index (χ0) is 16.4. The lowest BCUT2D eigenvalue weighted by Gasteiger charge is -2.61. The van der Waals surface area contributed by atoms with Crippen molar-refractivity contribution in [2.45, 2.75) is 78.2 Å². The lowest BCUT2D eigenvalue weighted by Crippen LogP contribution is -2.55. The summed E-state index contributed by atoms with van der Waals surface area (Å²) in [6.07, 6.45) is 9.88. The van der Waals surface area contributed by atoms with Crippen LogP contribution >= 0.6 is 0 Å². The molecule has 0 spiro atoms. The summed E-state index contributed by atoms with van der Waals surface area (Å²) >= 11 is 0. The van der Waals surface area contributed by atoms with Crippen LogP contribution in [0.25, 0.3) is 0 Å². The quantitative estimate of drug-likeness (QED) is 0.525. The highest BCUT2D eigenvalue weighted by atomic mass is 16.3. The largest absolute Gasteiger partial charge is 0.393 e. The Kier molecular flexibility index (Phi) is 3.61. The number of nitrogens with zero attached hydrogens (tertiary/aromatic N) is 1. The second-order valence-electron chi connectivity index (χ2n) is 9.72. The Labute approximate surface area is 141 Å². The molecule has 0 radical (unpaired) electrons. The van der Waals surface area contributed by atoms with Gasteiger partial charge in [-0.1, -0.05) is 20.8 Å². The van der Waals surface area contributed by atoms with Crippen LogP contribution in [-0.2, 0) is 0 Å². The fourth-order valence-corrected chi connectivity index (χ4v) is 7.57. The Bertz CT molecular complexity index is 518. The van der Waals surface area contributed by atoms with E-state index in [4.69, 9.17) is 5.84 Å². The molecule has 23 heavy (non-hydrogen) atoms. The molecule has 4 aliphatic carbocycles. The second-order valence-corrected chi connectivity index (χ2v) is 9.72. The van der Waals surface area contributed by atoms with Crippen molar-refractivity contribution in [3.05, 3.63) is 0 Å². The number of fused-ring (bicyclic) bond motifs is 5. The van der Waals surface area contributed by atoms with E-state index in [1.54, 1.807) is 0 Å². The molecule has 0 amide bonds. The maximum atomic E-state index is 10.5. The SMILES string of the molecule is C[C@H]1C[C@@]2(C)[C@@H](CC[C@H]3[C@H]4CC[C@H](O)[C@]4(C)CC[C@@H]32)C/C1=N/N. The molecule has 4 rings (SSSR count). The van der Waals surface area contributed by atoms with E-state index in [9.17, 15) is 5.11 Å². The van der Waals surface area contributed by atoms with Crippen LogP contribution in [-0.4, -0.2) is 16.9 Å². The van der Waals surface area contributed by atoms with Crippen LogP contribution in [0.4, 0.5) is 0 Å². The van der Waals surface area contributed by atoms with Gasteiger partial charge in [-0.2, -0.15) is 5.10 Å². The zero-order valence-corrected chi connectivity index (χ0v) is 15.1. The minimum atomic E-state index is -0.0553. The number of aliphatic hydroxyl groups excluding tert-OH is 1. The van der Waals surface area contributed by atoms with Gasteiger partial charge in [0.2, 0.25) is 0 Å². The van der Waals surface area contributed by atoms with Crippen LogP contribution in [0.2, 0.25) is 0 Å². The van der Waals surface area contributed by atoms with Gasteiger partial charge in [-0.15, -0.1) is 0 Å². The van der Waals surface area contributed by atoms with E-state index in [2.05, 4.69) is 25.9 Å². The van der Waals surface area contributed by atoms with Crippen LogP contribution in [0.5, 0.6) is 0 Å². The summed E-state index contributed by atoms with van der Waals surface area (Å²) in [4.78, 5) is 0. The van der Waals surface area contributed by atoms with Gasteiger partial charge in [0.25, 0.3) is 0 Å². The number of hydrogen-bond acceptors (Lipinski definition) is 3. The molecule has 0 saturated heterocycles. The average molecular weight is 319 g/mol. The Morgan fingerprint density at radius 2 is 1.78 bits per heavy atom. The molecule has 0 bridgehead atoms. The molecule has 4 saturated carbocycles. The van der Waals surface area contributed by atoms with Crippen molar-refractivity contribution in [1.82, 2.24) is 0 Å². The minimum absolute atomic E-state index is 0.0553. The lowest BCUT2D eigenvalue weighted by molar-refractivity contribution is -0.116. The van der Waals surface area contributed by atoms with E-state index < -0.39 is 0 Å². The molecule has 0 aliphatic heterocycles. The maximum Gasteiger partial charge on any atom is 0.0596 e. The number of hydrazone groups is 1. The summed E-state index contributed by atoms with van der Waals surface area (Å²) < 4.78 is 0. The second kappa shape index (κ2) is 5.21. The van der Waals surface area contributed by atoms with E-state index in [0.717, 1.165) is 36.5 Å². The molecule has 0 aromatic heterocycles. The van der Waals surface area contributed by atoms with Crippen LogP contribution < -0.4 is 5.84 Å². The van der Waals surface area contributed by atoms with Gasteiger partial charge < -0.3 is 10.9 Å². The molecule has 4 fully saturated rings. The van der Waals surface area contributed by atoms with Crippen molar-refractivity contribution in [2.75, 3.05) is 0 Å². The van der Waals surface area contributed by atoms with Crippen molar-refractivity contribution in [2.24, 2.45) is 51.4 Å². The van der Waals surface area contributed by atoms with E-state index in [1.807, 2.05) is 0 Å². The number of aliphatic hydroxyl groups is 1. The first-order chi connectivity index (χ1) is 10.9. The zero-order valence-electron chi connectivity index (χ0n) is 15.1. The van der Waals surface area contributed by atoms with E-state index >= 15 is 0 Å². The van der Waals surface area contributed by atoms with Crippen molar-refractivity contribution < 1.29 is 5.11 Å². The molecule has 130 valence electrons. The summed E-state index contributed by atoms with van der Waals surface area (Å²) in [5.74, 6) is 9.43. The van der Waals surface area contributed by atoms with E-state index in [-0.39, 0.29) is 11.5 Å². The molecule has 3 heteroatoms. The van der Waals surface area contributed by atoms with Crippen LogP contribution in [0, 0.1) is 40.4 Å². The Hall–Kier alpha value is -0.570. The molecule has 0 aromatic rings. The summed E-state index contributed by atoms with van der Waals surface area (Å²) in [5.41, 5.74) is 1.92. The minimum Gasteiger partial charge on any atom is -0.393 e. The summed E-state index contributed by atoms with van der Waals surface area (Å²) in [6, 6.07) is 0. The van der Waals surface area contributed by atoms with Crippen molar-refractivity contribution in [1.29, 1.82) is 0 Å². The molecular weight excluding hydrogens is 284 g/mol. The predicted molar refractivity (Wildman–Crippen MR) is 93.9 cm³/mol. The number of rotatable bonds is 0. The van der Waals surface area contributed by atoms with Gasteiger partial charge in [0.1, 0.15) is 0 Å². The predicted octanol–water partition coefficient (Wildman–Crippen LogP) is 3.95. The van der Waals surface area contributed by atoms with Crippen molar-refractivity contribution >= 4 is 5.71 Å².